The molecule has 0 fully saturated rings. The molecular weight excluding hydrogens is 260 g/mol. The fraction of sp³-hybridized carbons (Fsp3) is 0.176. The molecule has 0 aliphatic heterocycles. The van der Waals surface area contributed by atoms with Crippen molar-refractivity contribution in [2.24, 2.45) is 0 Å². The third-order valence-electron chi connectivity index (χ3n) is 3.21. The molecule has 3 aromatic rings. The number of aromatic nitrogens is 2. The van der Waals surface area contributed by atoms with Crippen molar-refractivity contribution in [3.63, 3.8) is 0 Å². The lowest BCUT2D eigenvalue weighted by Crippen LogP contribution is -2.05. The number of nitrogens with zero attached hydrogens (tertiary/aromatic N) is 2. The summed E-state index contributed by atoms with van der Waals surface area (Å²) in [6.45, 7) is 2.99. The number of hydrogen-bond acceptors (Lipinski definition) is 4. The molecule has 0 saturated carbocycles. The van der Waals surface area contributed by atoms with Gasteiger partial charge in [-0.05, 0) is 35.4 Å². The quantitative estimate of drug-likeness (QED) is 0.734. The summed E-state index contributed by atoms with van der Waals surface area (Å²) in [4.78, 5) is 8.66. The predicted molar refractivity (Wildman–Crippen MR) is 88.0 cm³/mol. The zero-order chi connectivity index (χ0) is 14.5. The van der Waals surface area contributed by atoms with Crippen LogP contribution in [0.2, 0.25) is 0 Å². The lowest BCUT2D eigenvalue weighted by Gasteiger charge is -2.08. The van der Waals surface area contributed by atoms with Gasteiger partial charge in [-0.15, -0.1) is 0 Å². The van der Waals surface area contributed by atoms with Crippen molar-refractivity contribution >= 4 is 28.2 Å². The molecule has 0 unspecified atom stereocenters. The minimum Gasteiger partial charge on any atom is -0.354 e. The number of fused-ring (bicyclic) bond motifs is 1. The van der Waals surface area contributed by atoms with Crippen LogP contribution in [0.25, 0.3) is 10.8 Å². The number of rotatable bonds is 5. The fourth-order valence-electron chi connectivity index (χ4n) is 2.17. The van der Waals surface area contributed by atoms with Crippen molar-refractivity contribution in [2.45, 2.75) is 13.3 Å². The number of benzene rings is 2. The third kappa shape index (κ3) is 3.28. The van der Waals surface area contributed by atoms with Crippen molar-refractivity contribution in [3.05, 3.63) is 54.7 Å². The summed E-state index contributed by atoms with van der Waals surface area (Å²) in [5, 5.41) is 8.95. The molecule has 4 heteroatoms. The zero-order valence-electron chi connectivity index (χ0n) is 12.0. The number of hydrogen-bond donors (Lipinski definition) is 2. The highest BCUT2D eigenvalue weighted by Gasteiger charge is 2.00. The van der Waals surface area contributed by atoms with Gasteiger partial charge >= 0.3 is 0 Å². The molecular formula is C17H18N4. The number of nitrogens with one attached hydrogen (secondary N) is 2. The maximum Gasteiger partial charge on any atom is 0.224 e. The molecule has 2 aromatic carbocycles. The Morgan fingerprint density at radius 2 is 1.86 bits per heavy atom. The molecule has 1 heterocycles. The van der Waals surface area contributed by atoms with Crippen LogP contribution < -0.4 is 10.6 Å². The molecule has 0 spiro atoms. The summed E-state index contributed by atoms with van der Waals surface area (Å²) in [6, 6.07) is 16.5. The van der Waals surface area contributed by atoms with Gasteiger partial charge in [0.25, 0.3) is 0 Å². The summed E-state index contributed by atoms with van der Waals surface area (Å²) in [5.41, 5.74) is 1.02. The smallest absolute Gasteiger partial charge is 0.224 e. The van der Waals surface area contributed by atoms with E-state index in [4.69, 9.17) is 0 Å². The minimum atomic E-state index is 0.655. The van der Waals surface area contributed by atoms with E-state index >= 15 is 0 Å². The van der Waals surface area contributed by atoms with Gasteiger partial charge < -0.3 is 10.6 Å². The largest absolute Gasteiger partial charge is 0.354 e. The Morgan fingerprint density at radius 3 is 2.71 bits per heavy atom. The van der Waals surface area contributed by atoms with Crippen LogP contribution >= 0.6 is 0 Å². The summed E-state index contributed by atoms with van der Waals surface area (Å²) in [7, 11) is 0. The standard InChI is InChI=1S/C17H18N4/c1-2-10-18-17-19-11-9-16(21-17)20-15-8-7-13-5-3-4-6-14(13)12-15/h3-9,11-12H,2,10H2,1H3,(H2,18,19,20,21). The molecule has 3 rings (SSSR count). The number of anilines is 3. The molecule has 21 heavy (non-hydrogen) atoms. The van der Waals surface area contributed by atoms with E-state index < -0.39 is 0 Å². The molecule has 106 valence electrons. The molecule has 0 saturated heterocycles. The van der Waals surface area contributed by atoms with Gasteiger partial charge in [-0.25, -0.2) is 4.98 Å². The van der Waals surface area contributed by atoms with E-state index in [1.54, 1.807) is 6.20 Å². The first-order chi connectivity index (χ1) is 10.3. The molecule has 1 aromatic heterocycles. The first-order valence-corrected chi connectivity index (χ1v) is 7.18. The highest BCUT2D eigenvalue weighted by molar-refractivity contribution is 5.86. The molecule has 0 aliphatic rings. The van der Waals surface area contributed by atoms with Crippen LogP contribution in [0.4, 0.5) is 17.5 Å². The van der Waals surface area contributed by atoms with Crippen LogP contribution in [-0.4, -0.2) is 16.5 Å². The van der Waals surface area contributed by atoms with E-state index in [1.165, 1.54) is 10.8 Å². The summed E-state index contributed by atoms with van der Waals surface area (Å²) in [5.74, 6) is 1.45. The average Bonchev–Trinajstić information content (AvgIpc) is 2.53. The molecule has 0 atom stereocenters. The second kappa shape index (κ2) is 6.22. The van der Waals surface area contributed by atoms with Gasteiger partial charge in [-0.1, -0.05) is 37.3 Å². The Morgan fingerprint density at radius 1 is 1.00 bits per heavy atom. The van der Waals surface area contributed by atoms with Crippen LogP contribution in [0.5, 0.6) is 0 Å². The van der Waals surface area contributed by atoms with Crippen LogP contribution in [0.1, 0.15) is 13.3 Å². The van der Waals surface area contributed by atoms with E-state index in [-0.39, 0.29) is 0 Å². The molecule has 0 aliphatic carbocycles. The summed E-state index contributed by atoms with van der Waals surface area (Å²) < 4.78 is 0. The molecule has 0 bridgehead atoms. The third-order valence-corrected chi connectivity index (χ3v) is 3.21. The minimum absolute atomic E-state index is 0.655. The van der Waals surface area contributed by atoms with Crippen LogP contribution in [0.15, 0.2) is 54.7 Å². The maximum absolute atomic E-state index is 4.45. The van der Waals surface area contributed by atoms with Crippen LogP contribution in [0.3, 0.4) is 0 Å². The normalized spacial score (nSPS) is 10.5. The van der Waals surface area contributed by atoms with E-state index in [1.807, 2.05) is 18.2 Å². The molecule has 2 N–H and O–H groups in total. The van der Waals surface area contributed by atoms with Gasteiger partial charge in [-0.3, -0.25) is 0 Å². The lowest BCUT2D eigenvalue weighted by atomic mass is 10.1. The second-order valence-electron chi connectivity index (χ2n) is 4.88. The monoisotopic (exact) mass is 278 g/mol. The van der Waals surface area contributed by atoms with Crippen molar-refractivity contribution in [1.82, 2.24) is 9.97 Å². The van der Waals surface area contributed by atoms with Crippen molar-refractivity contribution in [1.29, 1.82) is 0 Å². The van der Waals surface area contributed by atoms with Crippen molar-refractivity contribution < 1.29 is 0 Å². The van der Waals surface area contributed by atoms with E-state index in [0.29, 0.717) is 5.95 Å². The molecule has 0 radical (unpaired) electrons. The fourth-order valence-corrected chi connectivity index (χ4v) is 2.17. The van der Waals surface area contributed by atoms with Gasteiger partial charge in [-0.2, -0.15) is 4.98 Å². The predicted octanol–water partition coefficient (Wildman–Crippen LogP) is 4.20. The maximum atomic E-state index is 4.45. The highest BCUT2D eigenvalue weighted by atomic mass is 15.1. The van der Waals surface area contributed by atoms with Crippen LogP contribution in [-0.2, 0) is 0 Å². The van der Waals surface area contributed by atoms with E-state index in [2.05, 4.69) is 57.9 Å². The Labute approximate surface area is 124 Å². The topological polar surface area (TPSA) is 49.8 Å². The van der Waals surface area contributed by atoms with E-state index in [0.717, 1.165) is 24.5 Å². The Hall–Kier alpha value is -2.62. The summed E-state index contributed by atoms with van der Waals surface area (Å²) >= 11 is 0. The van der Waals surface area contributed by atoms with Gasteiger partial charge in [0.05, 0.1) is 0 Å². The van der Waals surface area contributed by atoms with Crippen molar-refractivity contribution in [3.8, 4) is 0 Å². The van der Waals surface area contributed by atoms with Crippen molar-refractivity contribution in [2.75, 3.05) is 17.2 Å². The van der Waals surface area contributed by atoms with Gasteiger partial charge in [0.2, 0.25) is 5.95 Å². The average molecular weight is 278 g/mol. The van der Waals surface area contributed by atoms with Crippen LogP contribution in [0, 0.1) is 0 Å². The van der Waals surface area contributed by atoms with E-state index in [9.17, 15) is 0 Å². The highest BCUT2D eigenvalue weighted by Crippen LogP contribution is 2.21. The molecule has 4 nitrogen and oxygen atoms in total. The molecule has 0 amide bonds. The van der Waals surface area contributed by atoms with Gasteiger partial charge in [0.1, 0.15) is 5.82 Å². The van der Waals surface area contributed by atoms with Gasteiger partial charge in [0, 0.05) is 18.4 Å². The Kier molecular flexibility index (Phi) is 3.96. The first-order valence-electron chi connectivity index (χ1n) is 7.18. The van der Waals surface area contributed by atoms with Gasteiger partial charge in [0.15, 0.2) is 0 Å². The first kappa shape index (κ1) is 13.4. The SMILES string of the molecule is CCCNc1nccc(Nc2ccc3ccccc3c2)n1. The summed E-state index contributed by atoms with van der Waals surface area (Å²) in [6.07, 6.45) is 2.81. The Bertz CT molecular complexity index is 739. The lowest BCUT2D eigenvalue weighted by molar-refractivity contribution is 0.953. The second-order valence-corrected chi connectivity index (χ2v) is 4.88. The zero-order valence-corrected chi connectivity index (χ0v) is 12.0. The Balaban J connectivity index is 1.81.